The van der Waals surface area contributed by atoms with Gasteiger partial charge in [0.05, 0.1) is 11.0 Å². The smallest absolute Gasteiger partial charge is 0.112 e. The average molecular weight is 271 g/mol. The van der Waals surface area contributed by atoms with Gasteiger partial charge in [-0.15, -0.1) is 0 Å². The van der Waals surface area contributed by atoms with E-state index in [4.69, 9.17) is 10.7 Å². The Balaban J connectivity index is 2.01. The normalized spacial score (nSPS) is 17.1. The summed E-state index contributed by atoms with van der Waals surface area (Å²) in [4.78, 5) is 4.87. The fraction of sp³-hybridized carbons (Fsp3) is 0.588. The predicted molar refractivity (Wildman–Crippen MR) is 83.9 cm³/mol. The molecule has 0 saturated heterocycles. The molecule has 1 fully saturated rings. The fourth-order valence-electron chi connectivity index (χ4n) is 3.24. The molecule has 3 nitrogen and oxygen atoms in total. The van der Waals surface area contributed by atoms with Crippen molar-refractivity contribution in [2.75, 3.05) is 6.54 Å². The molecule has 1 atom stereocenters. The van der Waals surface area contributed by atoms with Crippen LogP contribution in [-0.2, 0) is 7.05 Å². The molecule has 1 heterocycles. The van der Waals surface area contributed by atoms with E-state index in [0.717, 1.165) is 18.5 Å². The van der Waals surface area contributed by atoms with Gasteiger partial charge in [0.25, 0.3) is 0 Å². The van der Waals surface area contributed by atoms with E-state index in [1.54, 1.807) is 0 Å². The van der Waals surface area contributed by atoms with Gasteiger partial charge in [-0.3, -0.25) is 0 Å². The number of aryl methyl sites for hydroxylation is 1. The van der Waals surface area contributed by atoms with Crippen LogP contribution < -0.4 is 5.73 Å². The van der Waals surface area contributed by atoms with Gasteiger partial charge in [-0.2, -0.15) is 0 Å². The van der Waals surface area contributed by atoms with E-state index in [1.807, 2.05) is 0 Å². The zero-order chi connectivity index (χ0) is 14.3. The van der Waals surface area contributed by atoms with Crippen molar-refractivity contribution in [2.45, 2.75) is 44.9 Å². The number of imidazole rings is 1. The number of nitrogens with zero attached hydrogens (tertiary/aromatic N) is 2. The summed E-state index contributed by atoms with van der Waals surface area (Å²) >= 11 is 0. The molecule has 2 N–H and O–H groups in total. The van der Waals surface area contributed by atoms with Crippen molar-refractivity contribution in [1.29, 1.82) is 0 Å². The number of hydrogen-bond acceptors (Lipinski definition) is 2. The van der Waals surface area contributed by atoms with Gasteiger partial charge in [0, 0.05) is 13.0 Å². The van der Waals surface area contributed by atoms with Crippen LogP contribution in [0.15, 0.2) is 18.2 Å². The maximum atomic E-state index is 5.77. The van der Waals surface area contributed by atoms with Crippen LogP contribution in [0.5, 0.6) is 0 Å². The summed E-state index contributed by atoms with van der Waals surface area (Å²) in [5.74, 6) is 3.11. The number of fused-ring (bicyclic) bond motifs is 1. The van der Waals surface area contributed by atoms with E-state index >= 15 is 0 Å². The highest BCUT2D eigenvalue weighted by Gasteiger charge is 2.28. The van der Waals surface area contributed by atoms with Crippen LogP contribution in [0.1, 0.15) is 56.3 Å². The lowest BCUT2D eigenvalue weighted by Gasteiger charge is -2.20. The van der Waals surface area contributed by atoms with E-state index < -0.39 is 0 Å². The third kappa shape index (κ3) is 2.35. The SMILES string of the molecule is CC(C)C(CCN)c1ccc2c(c1)nc(C1CC1)n2C. The molecule has 0 bridgehead atoms. The summed E-state index contributed by atoms with van der Waals surface area (Å²) in [6.45, 7) is 5.30. The first kappa shape index (κ1) is 13.6. The predicted octanol–water partition coefficient (Wildman–Crippen LogP) is 3.54. The summed E-state index contributed by atoms with van der Waals surface area (Å²) in [5, 5.41) is 0. The molecular formula is C17H25N3. The van der Waals surface area contributed by atoms with Crippen molar-refractivity contribution in [3.63, 3.8) is 0 Å². The summed E-state index contributed by atoms with van der Waals surface area (Å²) in [6.07, 6.45) is 3.64. The topological polar surface area (TPSA) is 43.8 Å². The number of aromatic nitrogens is 2. The second-order valence-electron chi connectivity index (χ2n) is 6.48. The van der Waals surface area contributed by atoms with Crippen LogP contribution in [0.4, 0.5) is 0 Å². The Morgan fingerprint density at radius 2 is 2.10 bits per heavy atom. The molecular weight excluding hydrogens is 246 g/mol. The molecule has 0 spiro atoms. The Labute approximate surface area is 121 Å². The quantitative estimate of drug-likeness (QED) is 0.904. The van der Waals surface area contributed by atoms with Gasteiger partial charge in [-0.05, 0) is 55.3 Å². The summed E-state index contributed by atoms with van der Waals surface area (Å²) in [6, 6.07) is 6.78. The van der Waals surface area contributed by atoms with Crippen LogP contribution in [0.3, 0.4) is 0 Å². The Bertz CT molecular complexity index is 608. The first-order valence-corrected chi connectivity index (χ1v) is 7.78. The zero-order valence-corrected chi connectivity index (χ0v) is 12.8. The van der Waals surface area contributed by atoms with Crippen LogP contribution in [0, 0.1) is 5.92 Å². The minimum atomic E-state index is 0.538. The van der Waals surface area contributed by atoms with Gasteiger partial charge < -0.3 is 10.3 Å². The second kappa shape index (κ2) is 5.21. The molecule has 0 amide bonds. The molecule has 1 aromatic carbocycles. The summed E-state index contributed by atoms with van der Waals surface area (Å²) < 4.78 is 2.27. The molecule has 1 aromatic heterocycles. The van der Waals surface area contributed by atoms with Crippen LogP contribution in [0.25, 0.3) is 11.0 Å². The van der Waals surface area contributed by atoms with Crippen molar-refractivity contribution >= 4 is 11.0 Å². The first-order chi connectivity index (χ1) is 9.61. The van der Waals surface area contributed by atoms with Gasteiger partial charge in [0.15, 0.2) is 0 Å². The highest BCUT2D eigenvalue weighted by molar-refractivity contribution is 5.77. The monoisotopic (exact) mass is 271 g/mol. The van der Waals surface area contributed by atoms with Gasteiger partial charge in [0.2, 0.25) is 0 Å². The molecule has 1 saturated carbocycles. The maximum Gasteiger partial charge on any atom is 0.112 e. The number of benzene rings is 1. The van der Waals surface area contributed by atoms with E-state index in [2.05, 4.69) is 43.7 Å². The Morgan fingerprint density at radius 3 is 2.70 bits per heavy atom. The molecule has 0 radical (unpaired) electrons. The minimum Gasteiger partial charge on any atom is -0.331 e. The van der Waals surface area contributed by atoms with Crippen LogP contribution in [-0.4, -0.2) is 16.1 Å². The van der Waals surface area contributed by atoms with Gasteiger partial charge in [-0.25, -0.2) is 4.98 Å². The van der Waals surface area contributed by atoms with Crippen LogP contribution in [0.2, 0.25) is 0 Å². The lowest BCUT2D eigenvalue weighted by Crippen LogP contribution is -2.12. The van der Waals surface area contributed by atoms with E-state index in [9.17, 15) is 0 Å². The van der Waals surface area contributed by atoms with E-state index in [0.29, 0.717) is 17.8 Å². The Kier molecular flexibility index (Phi) is 3.55. The first-order valence-electron chi connectivity index (χ1n) is 7.78. The van der Waals surface area contributed by atoms with Gasteiger partial charge >= 0.3 is 0 Å². The third-order valence-corrected chi connectivity index (χ3v) is 4.59. The van der Waals surface area contributed by atoms with Gasteiger partial charge in [0.1, 0.15) is 5.82 Å². The van der Waals surface area contributed by atoms with E-state index in [1.165, 1.54) is 29.7 Å². The standard InChI is InChI=1S/C17H25N3/c1-11(2)14(8-9-18)13-6-7-16-15(10-13)19-17(20(16)3)12-4-5-12/h6-7,10-12,14H,4-5,8-9,18H2,1-3H3. The number of rotatable bonds is 5. The highest BCUT2D eigenvalue weighted by Crippen LogP contribution is 2.40. The third-order valence-electron chi connectivity index (χ3n) is 4.59. The fourth-order valence-corrected chi connectivity index (χ4v) is 3.24. The van der Waals surface area contributed by atoms with E-state index in [-0.39, 0.29) is 0 Å². The van der Waals surface area contributed by atoms with Crippen molar-refractivity contribution in [3.05, 3.63) is 29.6 Å². The summed E-state index contributed by atoms with van der Waals surface area (Å²) in [7, 11) is 2.14. The maximum absolute atomic E-state index is 5.77. The van der Waals surface area contributed by atoms with Crippen LogP contribution >= 0.6 is 0 Å². The minimum absolute atomic E-state index is 0.538. The lowest BCUT2D eigenvalue weighted by molar-refractivity contribution is 0.473. The average Bonchev–Trinajstić information content (AvgIpc) is 3.21. The molecule has 1 aliphatic rings. The molecule has 2 aromatic rings. The molecule has 108 valence electrons. The molecule has 1 aliphatic carbocycles. The lowest BCUT2D eigenvalue weighted by atomic mass is 9.85. The molecule has 20 heavy (non-hydrogen) atoms. The molecule has 0 aliphatic heterocycles. The van der Waals surface area contributed by atoms with Crippen molar-refractivity contribution < 1.29 is 0 Å². The number of hydrogen-bond donors (Lipinski definition) is 1. The second-order valence-corrected chi connectivity index (χ2v) is 6.48. The molecule has 3 rings (SSSR count). The largest absolute Gasteiger partial charge is 0.331 e. The summed E-state index contributed by atoms with van der Waals surface area (Å²) in [5.41, 5.74) is 9.56. The Morgan fingerprint density at radius 1 is 1.35 bits per heavy atom. The van der Waals surface area contributed by atoms with Crippen molar-refractivity contribution in [3.8, 4) is 0 Å². The van der Waals surface area contributed by atoms with Crippen molar-refractivity contribution in [2.24, 2.45) is 18.7 Å². The molecule has 3 heteroatoms. The molecule has 1 unspecified atom stereocenters. The highest BCUT2D eigenvalue weighted by atomic mass is 15.1. The van der Waals surface area contributed by atoms with Gasteiger partial charge in [-0.1, -0.05) is 19.9 Å². The Hall–Kier alpha value is -1.35. The van der Waals surface area contributed by atoms with Crippen molar-refractivity contribution in [1.82, 2.24) is 9.55 Å². The zero-order valence-electron chi connectivity index (χ0n) is 12.8. The number of nitrogens with two attached hydrogens (primary N) is 1.